The minimum Gasteiger partial charge on any atom is -0.487 e. The van der Waals surface area contributed by atoms with Crippen molar-refractivity contribution in [2.45, 2.75) is 25.2 Å². The molecule has 0 saturated heterocycles. The van der Waals surface area contributed by atoms with Crippen molar-refractivity contribution in [3.63, 3.8) is 0 Å². The fourth-order valence-corrected chi connectivity index (χ4v) is 8.24. The molecule has 0 N–H and O–H groups in total. The molecule has 0 unspecified atom stereocenters. The van der Waals surface area contributed by atoms with Crippen LogP contribution in [0, 0.1) is 18.8 Å². The molecular weight excluding hydrogens is 820 g/mol. The van der Waals surface area contributed by atoms with Crippen LogP contribution in [0.15, 0.2) is 134 Å². The first-order chi connectivity index (χ1) is 25.0. The van der Waals surface area contributed by atoms with Gasteiger partial charge in [0.25, 0.3) is 0 Å². The summed E-state index contributed by atoms with van der Waals surface area (Å²) in [5.74, 6) is 2.73. The van der Waals surface area contributed by atoms with Crippen molar-refractivity contribution in [2.24, 2.45) is 0 Å². The summed E-state index contributed by atoms with van der Waals surface area (Å²) in [5, 5.41) is 2.31. The fourth-order valence-electron chi connectivity index (χ4n) is 8.24. The van der Waals surface area contributed by atoms with Gasteiger partial charge < -0.3 is 14.4 Å². The first kappa shape index (κ1) is 32.3. The van der Waals surface area contributed by atoms with E-state index in [1.807, 2.05) is 30.3 Å². The van der Waals surface area contributed by atoms with E-state index in [1.165, 1.54) is 33.2 Å². The van der Waals surface area contributed by atoms with E-state index in [4.69, 9.17) is 9.97 Å². The molecule has 0 amide bonds. The SMILES string of the molecule is CC(C)c1cc(N2[CH-]N(C)c3nccnc32)[c-]c(C2(c3[c-]c4c(cc3)c3ccccc3n4-c3ccccn3)c3ccccc3-c3ccccc32)c1.[Pt]. The molecular formula is C45H33N6Pt-3. The smallest absolute Gasteiger partial charge is 0.143 e. The van der Waals surface area contributed by atoms with Crippen molar-refractivity contribution >= 4 is 39.1 Å². The van der Waals surface area contributed by atoms with Gasteiger partial charge in [-0.3, -0.25) is 0 Å². The van der Waals surface area contributed by atoms with Gasteiger partial charge in [0.05, 0.1) is 0 Å². The third-order valence-electron chi connectivity index (χ3n) is 10.5. The maximum absolute atomic E-state index is 4.82. The molecule has 0 spiro atoms. The number of anilines is 3. The van der Waals surface area contributed by atoms with E-state index in [2.05, 4.69) is 150 Å². The summed E-state index contributed by atoms with van der Waals surface area (Å²) in [5.41, 5.74) is 10.5. The van der Waals surface area contributed by atoms with E-state index >= 15 is 0 Å². The van der Waals surface area contributed by atoms with Gasteiger partial charge in [-0.2, -0.15) is 35.9 Å². The van der Waals surface area contributed by atoms with E-state index in [-0.39, 0.29) is 27.0 Å². The van der Waals surface area contributed by atoms with Gasteiger partial charge in [-0.25, -0.2) is 15.0 Å². The topological polar surface area (TPSA) is 50.1 Å². The third-order valence-corrected chi connectivity index (χ3v) is 10.5. The van der Waals surface area contributed by atoms with Crippen LogP contribution in [0.4, 0.5) is 17.3 Å². The Morgan fingerprint density at radius 2 is 1.35 bits per heavy atom. The second-order valence-corrected chi connectivity index (χ2v) is 13.7. The molecule has 8 aromatic rings. The fraction of sp³-hybridized carbons (Fsp3) is 0.111. The van der Waals surface area contributed by atoms with Gasteiger partial charge >= 0.3 is 0 Å². The van der Waals surface area contributed by atoms with Crippen LogP contribution >= 0.6 is 0 Å². The number of nitrogens with zero attached hydrogens (tertiary/aromatic N) is 6. The summed E-state index contributed by atoms with van der Waals surface area (Å²) >= 11 is 0. The third kappa shape index (κ3) is 4.57. The minimum atomic E-state index is -0.719. The Labute approximate surface area is 317 Å². The number of aromatic nitrogens is 4. The predicted molar refractivity (Wildman–Crippen MR) is 205 cm³/mol. The van der Waals surface area contributed by atoms with Crippen molar-refractivity contribution in [3.8, 4) is 16.9 Å². The second kappa shape index (κ2) is 12.3. The molecule has 0 atom stereocenters. The molecule has 4 heterocycles. The van der Waals surface area contributed by atoms with E-state index < -0.39 is 5.41 Å². The number of hydrogen-bond acceptors (Lipinski definition) is 5. The van der Waals surface area contributed by atoms with E-state index in [9.17, 15) is 0 Å². The Morgan fingerprint density at radius 3 is 2.08 bits per heavy atom. The Balaban J connectivity index is 0.00000360. The maximum atomic E-state index is 4.82. The van der Waals surface area contributed by atoms with Gasteiger partial charge in [-0.15, -0.1) is 34.9 Å². The van der Waals surface area contributed by atoms with Crippen LogP contribution in [0.1, 0.15) is 47.6 Å². The van der Waals surface area contributed by atoms with Crippen molar-refractivity contribution in [1.29, 1.82) is 0 Å². The van der Waals surface area contributed by atoms with E-state index in [0.29, 0.717) is 0 Å². The summed E-state index contributed by atoms with van der Waals surface area (Å²) in [6, 6.07) is 49.5. The van der Waals surface area contributed by atoms with Crippen molar-refractivity contribution in [2.75, 3.05) is 16.8 Å². The Morgan fingerprint density at radius 1 is 0.654 bits per heavy atom. The molecule has 0 saturated carbocycles. The van der Waals surface area contributed by atoms with Crippen LogP contribution in [0.3, 0.4) is 0 Å². The number of fused-ring (bicyclic) bond motifs is 7. The quantitative estimate of drug-likeness (QED) is 0.162. The monoisotopic (exact) mass is 852 g/mol. The van der Waals surface area contributed by atoms with Crippen molar-refractivity contribution in [3.05, 3.63) is 180 Å². The van der Waals surface area contributed by atoms with Gasteiger partial charge in [0.2, 0.25) is 0 Å². The zero-order valence-electron chi connectivity index (χ0n) is 28.9. The number of benzene rings is 5. The molecule has 52 heavy (non-hydrogen) atoms. The summed E-state index contributed by atoms with van der Waals surface area (Å²) in [4.78, 5) is 18.4. The van der Waals surface area contributed by atoms with Crippen LogP contribution in [-0.4, -0.2) is 26.6 Å². The molecule has 6 nitrogen and oxygen atoms in total. The van der Waals surface area contributed by atoms with Crippen LogP contribution in [0.5, 0.6) is 0 Å². The van der Waals surface area contributed by atoms with E-state index in [0.717, 1.165) is 50.7 Å². The number of pyridine rings is 1. The van der Waals surface area contributed by atoms with Crippen molar-refractivity contribution in [1.82, 2.24) is 19.5 Å². The maximum Gasteiger partial charge on any atom is 0.143 e. The van der Waals surface area contributed by atoms with Gasteiger partial charge in [0.15, 0.2) is 0 Å². The number of hydrogen-bond donors (Lipinski definition) is 0. The largest absolute Gasteiger partial charge is 0.487 e. The van der Waals surface area contributed by atoms with Crippen LogP contribution in [0.2, 0.25) is 0 Å². The molecule has 3 aromatic heterocycles. The zero-order valence-corrected chi connectivity index (χ0v) is 31.1. The summed E-state index contributed by atoms with van der Waals surface area (Å²) in [6.45, 7) is 6.56. The van der Waals surface area contributed by atoms with Crippen molar-refractivity contribution < 1.29 is 21.1 Å². The number of rotatable bonds is 5. The molecule has 2 aliphatic rings. The van der Waals surface area contributed by atoms with Gasteiger partial charge in [-0.1, -0.05) is 92.2 Å². The van der Waals surface area contributed by atoms with Gasteiger partial charge in [0, 0.05) is 50.6 Å². The number of para-hydroxylation sites is 1. The average Bonchev–Trinajstić information content (AvgIpc) is 3.81. The van der Waals surface area contributed by atoms with Crippen LogP contribution in [-0.2, 0) is 26.5 Å². The Hall–Kier alpha value is -5.58. The normalized spacial score (nSPS) is 14.1. The standard InChI is InChI=1S/C45H33N6.Pt/c1-29(2)30-24-32(26-33(25-30)50-28-49(3)43-44(50)48-23-22-47-43)45(38-15-7-4-12-34(38)35-13-5-8-16-39(35)45)31-19-20-37-36-14-6-9-17-40(36)51(41(37)27-31)42-18-10-11-21-46-42;/h4-25,28-29H,1-3H3;/q-3;. The first-order valence-corrected chi connectivity index (χ1v) is 17.4. The molecule has 5 aromatic carbocycles. The molecule has 7 heteroatoms. The second-order valence-electron chi connectivity index (χ2n) is 13.7. The molecule has 0 bridgehead atoms. The Bertz CT molecular complexity index is 2600. The van der Waals surface area contributed by atoms with Gasteiger partial charge in [-0.05, 0) is 58.8 Å². The minimum absolute atomic E-state index is 0. The summed E-state index contributed by atoms with van der Waals surface area (Å²) < 4.78 is 2.25. The Kier molecular flexibility index (Phi) is 7.64. The first-order valence-electron chi connectivity index (χ1n) is 17.4. The molecule has 0 radical (unpaired) electrons. The van der Waals surface area contributed by atoms with Crippen LogP contribution < -0.4 is 9.80 Å². The van der Waals surface area contributed by atoms with Crippen LogP contribution in [0.25, 0.3) is 38.8 Å². The molecule has 256 valence electrons. The van der Waals surface area contributed by atoms with Gasteiger partial charge in [0.1, 0.15) is 17.5 Å². The predicted octanol–water partition coefficient (Wildman–Crippen LogP) is 9.76. The summed E-state index contributed by atoms with van der Waals surface area (Å²) in [7, 11) is 2.01. The molecule has 10 rings (SSSR count). The van der Waals surface area contributed by atoms with E-state index in [1.54, 1.807) is 12.4 Å². The molecule has 1 aliphatic heterocycles. The molecule has 1 aliphatic carbocycles. The average molecular weight is 853 g/mol. The molecule has 0 fully saturated rings. The summed E-state index contributed by atoms with van der Waals surface area (Å²) in [6.07, 6.45) is 5.35. The zero-order chi connectivity index (χ0) is 34.3.